The first kappa shape index (κ1) is 13.6. The van der Waals surface area contributed by atoms with Crippen molar-refractivity contribution in [1.29, 1.82) is 0 Å². The van der Waals surface area contributed by atoms with Gasteiger partial charge in [0.15, 0.2) is 0 Å². The molecule has 0 amide bonds. The van der Waals surface area contributed by atoms with Gasteiger partial charge in [0.05, 0.1) is 15.8 Å². The molecule has 3 nitrogen and oxygen atoms in total. The number of hydrogen-bond donors (Lipinski definition) is 2. The third-order valence-electron chi connectivity index (χ3n) is 3.50. The molecule has 0 spiro atoms. The number of benzene rings is 1. The number of nitrogen functional groups attached to an aromatic ring is 1. The zero-order valence-corrected chi connectivity index (χ0v) is 12.3. The fraction of sp³-hybridized carbons (Fsp3) is 0.538. The summed E-state index contributed by atoms with van der Waals surface area (Å²) in [6.45, 7) is 2.93. The number of rotatable bonds is 5. The van der Waals surface area contributed by atoms with Gasteiger partial charge in [-0.05, 0) is 48.8 Å². The van der Waals surface area contributed by atoms with E-state index in [1.807, 2.05) is 0 Å². The first-order valence-corrected chi connectivity index (χ1v) is 6.98. The third-order valence-corrected chi connectivity index (χ3v) is 4.11. The van der Waals surface area contributed by atoms with E-state index in [2.05, 4.69) is 40.1 Å². The second kappa shape index (κ2) is 5.45. The Kier molecular flexibility index (Phi) is 4.12. The molecule has 1 fully saturated rings. The fourth-order valence-electron chi connectivity index (χ4n) is 1.96. The van der Waals surface area contributed by atoms with Crippen LogP contribution in [0.3, 0.4) is 0 Å². The van der Waals surface area contributed by atoms with Gasteiger partial charge in [0.25, 0.3) is 0 Å². The molecule has 100 valence electrons. The minimum Gasteiger partial charge on any atom is -0.397 e. The van der Waals surface area contributed by atoms with Gasteiger partial charge in [0, 0.05) is 24.7 Å². The molecule has 3 N–H and O–H groups in total. The normalized spacial score (nSPS) is 16.9. The van der Waals surface area contributed by atoms with Gasteiger partial charge < -0.3 is 11.1 Å². The second-order valence-corrected chi connectivity index (χ2v) is 5.83. The van der Waals surface area contributed by atoms with E-state index in [1.165, 1.54) is 18.9 Å². The van der Waals surface area contributed by atoms with Crippen LogP contribution in [0.15, 0.2) is 16.6 Å². The third kappa shape index (κ3) is 3.14. The Morgan fingerprint density at radius 3 is 2.83 bits per heavy atom. The van der Waals surface area contributed by atoms with Crippen molar-refractivity contribution >= 4 is 27.3 Å². The number of nitrogens with zero attached hydrogens (tertiary/aromatic N) is 1. The van der Waals surface area contributed by atoms with Gasteiger partial charge in [0.1, 0.15) is 5.82 Å². The molecule has 2 rings (SSSR count). The lowest BCUT2D eigenvalue weighted by Crippen LogP contribution is -2.36. The monoisotopic (exact) mass is 315 g/mol. The van der Waals surface area contributed by atoms with Crippen LogP contribution in [0.4, 0.5) is 15.8 Å². The molecule has 0 aliphatic heterocycles. The SMILES string of the molecule is CC(CNc1cc(F)c(Br)cc1N)N(C)C1CC1. The lowest BCUT2D eigenvalue weighted by Gasteiger charge is -2.25. The van der Waals surface area contributed by atoms with Crippen molar-refractivity contribution in [3.63, 3.8) is 0 Å². The van der Waals surface area contributed by atoms with Gasteiger partial charge in [-0.15, -0.1) is 0 Å². The fourth-order valence-corrected chi connectivity index (χ4v) is 2.32. The summed E-state index contributed by atoms with van der Waals surface area (Å²) in [6, 6.07) is 4.15. The Bertz CT molecular complexity index is 434. The number of likely N-dealkylation sites (N-methyl/N-ethyl adjacent to an activating group) is 1. The topological polar surface area (TPSA) is 41.3 Å². The van der Waals surface area contributed by atoms with Crippen LogP contribution >= 0.6 is 15.9 Å². The van der Waals surface area contributed by atoms with Crippen LogP contribution in [0.5, 0.6) is 0 Å². The van der Waals surface area contributed by atoms with Crippen molar-refractivity contribution in [2.75, 3.05) is 24.6 Å². The van der Waals surface area contributed by atoms with Crippen LogP contribution in [0.25, 0.3) is 0 Å². The first-order valence-electron chi connectivity index (χ1n) is 6.19. The molecule has 0 heterocycles. The molecule has 1 aromatic carbocycles. The Hall–Kier alpha value is -0.810. The number of anilines is 2. The van der Waals surface area contributed by atoms with Crippen LogP contribution < -0.4 is 11.1 Å². The number of halogens is 2. The van der Waals surface area contributed by atoms with Gasteiger partial charge in [-0.1, -0.05) is 0 Å². The van der Waals surface area contributed by atoms with Crippen LogP contribution in [0.2, 0.25) is 0 Å². The van der Waals surface area contributed by atoms with Gasteiger partial charge in [-0.3, -0.25) is 4.90 Å². The van der Waals surface area contributed by atoms with Crippen LogP contribution in [-0.4, -0.2) is 30.6 Å². The highest BCUT2D eigenvalue weighted by Gasteiger charge is 2.28. The Morgan fingerprint density at radius 1 is 1.56 bits per heavy atom. The summed E-state index contributed by atoms with van der Waals surface area (Å²) in [5, 5.41) is 3.22. The van der Waals surface area contributed by atoms with E-state index in [-0.39, 0.29) is 5.82 Å². The van der Waals surface area contributed by atoms with Crippen molar-refractivity contribution < 1.29 is 4.39 Å². The lowest BCUT2D eigenvalue weighted by atomic mass is 10.2. The van der Waals surface area contributed by atoms with E-state index in [9.17, 15) is 4.39 Å². The Morgan fingerprint density at radius 2 is 2.22 bits per heavy atom. The van der Waals surface area contributed by atoms with Crippen molar-refractivity contribution in [3.05, 3.63) is 22.4 Å². The van der Waals surface area contributed by atoms with Crippen LogP contribution in [0, 0.1) is 5.82 Å². The molecule has 1 atom stereocenters. The molecular formula is C13H19BrFN3. The van der Waals surface area contributed by atoms with Gasteiger partial charge in [-0.2, -0.15) is 0 Å². The largest absolute Gasteiger partial charge is 0.397 e. The zero-order valence-electron chi connectivity index (χ0n) is 10.7. The second-order valence-electron chi connectivity index (χ2n) is 4.98. The summed E-state index contributed by atoms with van der Waals surface area (Å²) in [5.74, 6) is -0.296. The minimum absolute atomic E-state index is 0.296. The molecular weight excluding hydrogens is 297 g/mol. The van der Waals surface area contributed by atoms with Gasteiger partial charge in [0.2, 0.25) is 0 Å². The maximum Gasteiger partial charge on any atom is 0.139 e. The van der Waals surface area contributed by atoms with E-state index in [0.717, 1.165) is 12.6 Å². The van der Waals surface area contributed by atoms with Crippen LogP contribution in [0.1, 0.15) is 19.8 Å². The van der Waals surface area contributed by atoms with Crippen molar-refractivity contribution in [2.45, 2.75) is 31.8 Å². The van der Waals surface area contributed by atoms with Crippen molar-refractivity contribution in [3.8, 4) is 0 Å². The average Bonchev–Trinajstić information content (AvgIpc) is 3.14. The predicted octanol–water partition coefficient (Wildman–Crippen LogP) is 3.07. The number of hydrogen-bond acceptors (Lipinski definition) is 3. The summed E-state index contributed by atoms with van der Waals surface area (Å²) >= 11 is 3.12. The molecule has 1 aliphatic carbocycles. The predicted molar refractivity (Wildman–Crippen MR) is 77.2 cm³/mol. The molecule has 0 saturated heterocycles. The van der Waals surface area contributed by atoms with E-state index in [4.69, 9.17) is 5.73 Å². The minimum atomic E-state index is -0.296. The highest BCUT2D eigenvalue weighted by molar-refractivity contribution is 9.10. The zero-order chi connectivity index (χ0) is 13.3. The molecule has 1 saturated carbocycles. The van der Waals surface area contributed by atoms with Crippen molar-refractivity contribution in [1.82, 2.24) is 4.90 Å². The maximum absolute atomic E-state index is 13.4. The Balaban J connectivity index is 1.95. The maximum atomic E-state index is 13.4. The Labute approximate surface area is 116 Å². The first-order chi connectivity index (χ1) is 8.49. The lowest BCUT2D eigenvalue weighted by molar-refractivity contribution is 0.257. The van der Waals surface area contributed by atoms with E-state index < -0.39 is 0 Å². The highest BCUT2D eigenvalue weighted by Crippen LogP contribution is 2.28. The van der Waals surface area contributed by atoms with E-state index >= 15 is 0 Å². The molecule has 1 aromatic rings. The van der Waals surface area contributed by atoms with Crippen molar-refractivity contribution in [2.24, 2.45) is 0 Å². The smallest absolute Gasteiger partial charge is 0.139 e. The van der Waals surface area contributed by atoms with Gasteiger partial charge in [-0.25, -0.2) is 4.39 Å². The van der Waals surface area contributed by atoms with Gasteiger partial charge >= 0.3 is 0 Å². The summed E-state index contributed by atoms with van der Waals surface area (Å²) in [4.78, 5) is 2.36. The summed E-state index contributed by atoms with van der Waals surface area (Å²) in [7, 11) is 2.13. The summed E-state index contributed by atoms with van der Waals surface area (Å²) < 4.78 is 13.8. The summed E-state index contributed by atoms with van der Waals surface area (Å²) in [6.07, 6.45) is 2.58. The molecule has 0 radical (unpaired) electrons. The number of nitrogens with one attached hydrogen (secondary N) is 1. The average molecular weight is 316 g/mol. The molecule has 1 unspecified atom stereocenters. The summed E-state index contributed by atoms with van der Waals surface area (Å²) in [5.41, 5.74) is 7.07. The molecule has 0 aromatic heterocycles. The molecule has 1 aliphatic rings. The van der Waals surface area contributed by atoms with Crippen LogP contribution in [-0.2, 0) is 0 Å². The van der Waals surface area contributed by atoms with E-state index in [1.54, 1.807) is 6.07 Å². The van der Waals surface area contributed by atoms with E-state index in [0.29, 0.717) is 21.9 Å². The standard InChI is InChI=1S/C13H19BrFN3/c1-8(18(2)9-3-4-9)7-17-13-6-11(15)10(14)5-12(13)16/h5-6,8-9,17H,3-4,7,16H2,1-2H3. The highest BCUT2D eigenvalue weighted by atomic mass is 79.9. The number of nitrogens with two attached hydrogens (primary N) is 1. The molecule has 18 heavy (non-hydrogen) atoms. The quantitative estimate of drug-likeness (QED) is 0.820. The molecule has 0 bridgehead atoms. The molecule has 5 heteroatoms.